The van der Waals surface area contributed by atoms with Gasteiger partial charge >= 0.3 is 0 Å². The van der Waals surface area contributed by atoms with E-state index in [-0.39, 0.29) is 0 Å². The fraction of sp³-hybridized carbons (Fsp3) is 0. The average molecular weight is 448 g/mol. The van der Waals surface area contributed by atoms with Crippen LogP contribution in [0.3, 0.4) is 0 Å². The fourth-order valence-electron chi connectivity index (χ4n) is 4.80. The van der Waals surface area contributed by atoms with Gasteiger partial charge in [0.15, 0.2) is 0 Å². The van der Waals surface area contributed by atoms with Gasteiger partial charge in [0.1, 0.15) is 0 Å². The molecule has 0 heterocycles. The quantitative estimate of drug-likeness (QED) is 0.238. The van der Waals surface area contributed by atoms with Crippen LogP contribution < -0.4 is 4.90 Å². The van der Waals surface area contributed by atoms with Gasteiger partial charge in [-0.3, -0.25) is 0 Å². The molecule has 6 aromatic carbocycles. The van der Waals surface area contributed by atoms with Crippen molar-refractivity contribution in [1.29, 1.82) is 0 Å². The molecule has 0 aliphatic rings. The Morgan fingerprint density at radius 1 is 0.371 bits per heavy atom. The third-order valence-corrected chi connectivity index (χ3v) is 6.47. The Labute approximate surface area is 206 Å². The van der Waals surface area contributed by atoms with Crippen molar-refractivity contribution >= 4 is 50.8 Å². The molecule has 166 valence electrons. The predicted molar refractivity (Wildman–Crippen MR) is 152 cm³/mol. The Morgan fingerprint density at radius 3 is 1.57 bits per heavy atom. The first-order valence-corrected chi connectivity index (χ1v) is 12.0. The number of rotatable bonds is 5. The molecule has 0 fully saturated rings. The molecule has 0 amide bonds. The van der Waals surface area contributed by atoms with Crippen molar-refractivity contribution in [3.8, 4) is 0 Å². The molecule has 0 bridgehead atoms. The van der Waals surface area contributed by atoms with Crippen LogP contribution in [0.1, 0.15) is 11.1 Å². The first kappa shape index (κ1) is 20.9. The topological polar surface area (TPSA) is 3.24 Å². The van der Waals surface area contributed by atoms with E-state index >= 15 is 0 Å². The van der Waals surface area contributed by atoms with Crippen LogP contribution in [0, 0.1) is 0 Å². The number of fused-ring (bicyclic) bond motifs is 2. The van der Waals surface area contributed by atoms with Gasteiger partial charge in [-0.1, -0.05) is 121 Å². The molecule has 0 saturated heterocycles. The normalized spacial score (nSPS) is 11.3. The van der Waals surface area contributed by atoms with Crippen molar-refractivity contribution in [2.24, 2.45) is 0 Å². The summed E-state index contributed by atoms with van der Waals surface area (Å²) in [6.07, 6.45) is 4.47. The van der Waals surface area contributed by atoms with Crippen molar-refractivity contribution in [3.63, 3.8) is 0 Å². The molecule has 0 aromatic heterocycles. The summed E-state index contributed by atoms with van der Waals surface area (Å²) in [7, 11) is 0. The molecular formula is C34H25N. The SMILES string of the molecule is C(=C\c1ccc(N(c2ccccc2)c2ccccc2)c2ccccc12)/c1cccc2ccccc12. The minimum atomic E-state index is 1.14. The van der Waals surface area contributed by atoms with Gasteiger partial charge in [0, 0.05) is 16.8 Å². The third-order valence-electron chi connectivity index (χ3n) is 6.47. The van der Waals surface area contributed by atoms with Gasteiger partial charge in [-0.2, -0.15) is 0 Å². The molecule has 0 saturated carbocycles. The zero-order valence-electron chi connectivity index (χ0n) is 19.4. The molecule has 35 heavy (non-hydrogen) atoms. The second-order valence-corrected chi connectivity index (χ2v) is 8.63. The van der Waals surface area contributed by atoms with E-state index in [0.717, 1.165) is 11.4 Å². The average Bonchev–Trinajstić information content (AvgIpc) is 2.94. The van der Waals surface area contributed by atoms with Crippen LogP contribution in [0.2, 0.25) is 0 Å². The molecule has 0 spiro atoms. The molecule has 1 heteroatoms. The lowest BCUT2D eigenvalue weighted by Gasteiger charge is -2.27. The van der Waals surface area contributed by atoms with Crippen molar-refractivity contribution in [1.82, 2.24) is 0 Å². The molecule has 0 unspecified atom stereocenters. The van der Waals surface area contributed by atoms with Crippen LogP contribution in [0.25, 0.3) is 33.7 Å². The van der Waals surface area contributed by atoms with E-state index in [4.69, 9.17) is 0 Å². The summed E-state index contributed by atoms with van der Waals surface area (Å²) in [5, 5.41) is 4.99. The number of para-hydroxylation sites is 2. The second kappa shape index (κ2) is 9.32. The first-order valence-electron chi connectivity index (χ1n) is 12.0. The monoisotopic (exact) mass is 447 g/mol. The van der Waals surface area contributed by atoms with Gasteiger partial charge in [0.2, 0.25) is 0 Å². The highest BCUT2D eigenvalue weighted by atomic mass is 15.1. The summed E-state index contributed by atoms with van der Waals surface area (Å²) < 4.78 is 0. The molecule has 0 aliphatic carbocycles. The van der Waals surface area contributed by atoms with Crippen molar-refractivity contribution in [2.75, 3.05) is 4.90 Å². The van der Waals surface area contributed by atoms with Crippen LogP contribution in [0.15, 0.2) is 140 Å². The minimum absolute atomic E-state index is 1.14. The van der Waals surface area contributed by atoms with Gasteiger partial charge in [-0.15, -0.1) is 0 Å². The summed E-state index contributed by atoms with van der Waals surface area (Å²) in [6, 6.07) is 49.3. The molecular weight excluding hydrogens is 422 g/mol. The van der Waals surface area contributed by atoms with Crippen LogP contribution in [0.5, 0.6) is 0 Å². The highest BCUT2D eigenvalue weighted by Gasteiger charge is 2.15. The smallest absolute Gasteiger partial charge is 0.0540 e. The summed E-state index contributed by atoms with van der Waals surface area (Å²) in [5.74, 6) is 0. The Balaban J connectivity index is 1.49. The van der Waals surface area contributed by atoms with Crippen molar-refractivity contribution < 1.29 is 0 Å². The summed E-state index contributed by atoms with van der Waals surface area (Å²) in [4.78, 5) is 2.33. The number of benzene rings is 6. The lowest BCUT2D eigenvalue weighted by atomic mass is 9.99. The van der Waals surface area contributed by atoms with Gasteiger partial charge in [0.05, 0.1) is 5.69 Å². The maximum Gasteiger partial charge on any atom is 0.0540 e. The number of hydrogen-bond acceptors (Lipinski definition) is 1. The van der Waals surface area contributed by atoms with Gasteiger partial charge in [-0.05, 0) is 57.6 Å². The Bertz CT molecular complexity index is 1590. The molecule has 0 radical (unpaired) electrons. The van der Waals surface area contributed by atoms with Gasteiger partial charge in [0.25, 0.3) is 0 Å². The minimum Gasteiger partial charge on any atom is -0.310 e. The first-order chi connectivity index (χ1) is 17.4. The van der Waals surface area contributed by atoms with E-state index in [1.165, 1.54) is 38.4 Å². The predicted octanol–water partition coefficient (Wildman–Crippen LogP) is 9.63. The largest absolute Gasteiger partial charge is 0.310 e. The Morgan fingerprint density at radius 2 is 0.886 bits per heavy atom. The van der Waals surface area contributed by atoms with E-state index < -0.39 is 0 Å². The Hall–Kier alpha value is -4.62. The third kappa shape index (κ3) is 4.09. The van der Waals surface area contributed by atoms with Crippen LogP contribution in [0.4, 0.5) is 17.1 Å². The fourth-order valence-corrected chi connectivity index (χ4v) is 4.80. The molecule has 6 aromatic rings. The van der Waals surface area contributed by atoms with E-state index in [1.807, 2.05) is 0 Å². The molecule has 0 atom stereocenters. The summed E-state index contributed by atoms with van der Waals surface area (Å²) in [6.45, 7) is 0. The number of hydrogen-bond donors (Lipinski definition) is 0. The summed E-state index contributed by atoms with van der Waals surface area (Å²) in [5.41, 5.74) is 5.89. The van der Waals surface area contributed by atoms with Crippen molar-refractivity contribution in [3.05, 3.63) is 151 Å². The molecule has 0 N–H and O–H groups in total. The maximum atomic E-state index is 2.33. The van der Waals surface area contributed by atoms with E-state index in [0.29, 0.717) is 0 Å². The number of anilines is 3. The highest BCUT2D eigenvalue weighted by Crippen LogP contribution is 2.39. The molecule has 1 nitrogen and oxygen atoms in total. The molecule has 6 rings (SSSR count). The van der Waals surface area contributed by atoms with Crippen LogP contribution >= 0.6 is 0 Å². The highest BCUT2D eigenvalue weighted by molar-refractivity contribution is 6.04. The second-order valence-electron chi connectivity index (χ2n) is 8.63. The zero-order chi connectivity index (χ0) is 23.5. The molecule has 0 aliphatic heterocycles. The zero-order valence-corrected chi connectivity index (χ0v) is 19.4. The lowest BCUT2D eigenvalue weighted by molar-refractivity contribution is 1.30. The maximum absolute atomic E-state index is 2.33. The van der Waals surface area contributed by atoms with E-state index in [9.17, 15) is 0 Å². The van der Waals surface area contributed by atoms with Gasteiger partial charge in [-0.25, -0.2) is 0 Å². The lowest BCUT2D eigenvalue weighted by Crippen LogP contribution is -2.10. The van der Waals surface area contributed by atoms with E-state index in [1.54, 1.807) is 0 Å². The standard InChI is InChI=1S/C34H25N/c1-3-15-29(16-4-1)35(30-17-5-2-6-18-30)34-25-24-28(32-20-9-10-21-33(32)34)23-22-27-14-11-13-26-12-7-8-19-31(26)27/h1-25H/b23-22+. The van der Waals surface area contributed by atoms with Gasteiger partial charge < -0.3 is 4.90 Å². The Kier molecular flexibility index (Phi) is 5.58. The van der Waals surface area contributed by atoms with E-state index in [2.05, 4.69) is 157 Å². The van der Waals surface area contributed by atoms with Crippen LogP contribution in [-0.4, -0.2) is 0 Å². The number of nitrogens with zero attached hydrogens (tertiary/aromatic N) is 1. The van der Waals surface area contributed by atoms with Crippen LogP contribution in [-0.2, 0) is 0 Å². The van der Waals surface area contributed by atoms with Crippen molar-refractivity contribution in [2.45, 2.75) is 0 Å². The summed E-state index contributed by atoms with van der Waals surface area (Å²) >= 11 is 0.